The van der Waals surface area contributed by atoms with Crippen molar-refractivity contribution in [3.8, 4) is 0 Å². The van der Waals surface area contributed by atoms with Crippen LogP contribution in [-0.2, 0) is 28.6 Å². The zero-order valence-corrected chi connectivity index (χ0v) is 52.2. The number of rotatable bonds is 56. The van der Waals surface area contributed by atoms with Gasteiger partial charge in [-0.15, -0.1) is 0 Å². The molecule has 456 valence electrons. The highest BCUT2D eigenvalue weighted by Crippen LogP contribution is 2.12. The zero-order valence-electron chi connectivity index (χ0n) is 52.2. The largest absolute Gasteiger partial charge is 0.462 e. The Hall–Kier alpha value is -5.75. The highest BCUT2D eigenvalue weighted by atomic mass is 16.6. The van der Waals surface area contributed by atoms with Gasteiger partial charge in [0, 0.05) is 12.8 Å². The molecule has 0 aliphatic rings. The molecular formula is C76H116O6. The number of hydrogen-bond acceptors (Lipinski definition) is 6. The van der Waals surface area contributed by atoms with Crippen LogP contribution < -0.4 is 0 Å². The molecule has 0 aliphatic carbocycles. The molecule has 6 heteroatoms. The third-order valence-electron chi connectivity index (χ3n) is 12.8. The Morgan fingerprint density at radius 3 is 0.817 bits per heavy atom. The summed E-state index contributed by atoms with van der Waals surface area (Å²) in [7, 11) is 0. The van der Waals surface area contributed by atoms with Crippen molar-refractivity contribution in [2.24, 2.45) is 0 Å². The van der Waals surface area contributed by atoms with E-state index in [1.807, 2.05) is 6.08 Å². The molecule has 0 bridgehead atoms. The minimum absolute atomic E-state index is 0.0799. The summed E-state index contributed by atoms with van der Waals surface area (Å²) in [5.41, 5.74) is 0. The van der Waals surface area contributed by atoms with Crippen LogP contribution >= 0.6 is 0 Å². The summed E-state index contributed by atoms with van der Waals surface area (Å²) in [6.07, 6.45) is 103. The van der Waals surface area contributed by atoms with E-state index in [-0.39, 0.29) is 31.6 Å². The van der Waals surface area contributed by atoms with Crippen molar-refractivity contribution >= 4 is 17.9 Å². The third kappa shape index (κ3) is 65.1. The molecule has 0 fully saturated rings. The van der Waals surface area contributed by atoms with Crippen molar-refractivity contribution in [1.82, 2.24) is 0 Å². The molecule has 0 aliphatic heterocycles. The fourth-order valence-electron chi connectivity index (χ4n) is 8.07. The first-order valence-electron chi connectivity index (χ1n) is 32.4. The predicted octanol–water partition coefficient (Wildman–Crippen LogP) is 22.6. The maximum absolute atomic E-state index is 12.8. The number of esters is 3. The first kappa shape index (κ1) is 76.2. The first-order valence-corrected chi connectivity index (χ1v) is 32.4. The van der Waals surface area contributed by atoms with E-state index in [1.54, 1.807) is 6.08 Å². The maximum atomic E-state index is 12.8. The second-order valence-electron chi connectivity index (χ2n) is 20.6. The Morgan fingerprint density at radius 2 is 0.512 bits per heavy atom. The molecule has 0 aromatic carbocycles. The van der Waals surface area contributed by atoms with Crippen molar-refractivity contribution < 1.29 is 28.6 Å². The van der Waals surface area contributed by atoms with Crippen molar-refractivity contribution in [3.05, 3.63) is 194 Å². The van der Waals surface area contributed by atoms with Gasteiger partial charge in [-0.1, -0.05) is 273 Å². The van der Waals surface area contributed by atoms with Crippen LogP contribution in [0.25, 0.3) is 0 Å². The van der Waals surface area contributed by atoms with E-state index in [0.717, 1.165) is 154 Å². The second-order valence-corrected chi connectivity index (χ2v) is 20.6. The van der Waals surface area contributed by atoms with Gasteiger partial charge in [-0.3, -0.25) is 14.4 Å². The standard InChI is InChI=1S/C76H116O6/c1-4-7-10-13-16-19-22-25-28-29-30-31-32-33-34-35-36-37-38-39-40-41-42-43-44-45-46-47-49-51-54-57-60-63-66-69-75(78)81-72-73(71-80-74(77)68-65-62-59-56-53-50-27-24-21-18-15-12-9-6-3)82-76(79)70-67-64-61-58-55-52-48-26-23-20-17-14-11-8-5-2/h7-8,10-11,16-17,19-20,24-28,30-31,33-34,36-37,39-40,42-43,45-46,48-49,51,55,58,64,67,73H,4-6,9,12-15,18,21-23,29,32,35,38,41,44,47,50,52-54,56-57,59-63,65-66,68-72H2,1-3H3/b10-7-,11-8-,19-16-,20-17-,27-24-,28-25-,31-30-,34-33-,37-36-,40-39-,43-42-,46-45-,48-26-,51-49-,58-55-,67-64-. The number of carbonyl (C=O) groups is 3. The summed E-state index contributed by atoms with van der Waals surface area (Å²) in [5.74, 6) is -1.11. The SMILES string of the molecule is CC/C=C\C/C=C\C/C=C\C/C=C\C/C=C\C/C=C\C/C=C\C/C=C\C/C=C\C/C=C\CCCCCCC(=O)OCC(COC(=O)CCCCCCC/C=C\CCCCCCC)OC(=O)C/C=C\C/C=C\C/C=C\C/C=C\C/C=C\CC. The smallest absolute Gasteiger partial charge is 0.310 e. The number of allylic oxidation sites excluding steroid dienone is 31. The molecule has 0 spiro atoms. The summed E-state index contributed by atoms with van der Waals surface area (Å²) in [6.45, 7) is 6.27. The molecule has 0 saturated heterocycles. The van der Waals surface area contributed by atoms with Gasteiger partial charge >= 0.3 is 17.9 Å². The molecule has 0 N–H and O–H groups in total. The van der Waals surface area contributed by atoms with Gasteiger partial charge in [-0.2, -0.15) is 0 Å². The molecule has 82 heavy (non-hydrogen) atoms. The van der Waals surface area contributed by atoms with Gasteiger partial charge in [0.05, 0.1) is 6.42 Å². The zero-order chi connectivity index (χ0) is 59.2. The average molecular weight is 1130 g/mol. The van der Waals surface area contributed by atoms with Gasteiger partial charge < -0.3 is 14.2 Å². The van der Waals surface area contributed by atoms with E-state index < -0.39 is 12.1 Å². The molecule has 0 heterocycles. The van der Waals surface area contributed by atoms with Crippen LogP contribution in [0.1, 0.15) is 245 Å². The molecule has 6 nitrogen and oxygen atoms in total. The lowest BCUT2D eigenvalue weighted by molar-refractivity contribution is -0.166. The molecule has 0 saturated carbocycles. The number of carbonyl (C=O) groups excluding carboxylic acids is 3. The monoisotopic (exact) mass is 1120 g/mol. The molecule has 0 aromatic rings. The summed E-state index contributed by atoms with van der Waals surface area (Å²) in [5, 5.41) is 0. The van der Waals surface area contributed by atoms with E-state index >= 15 is 0 Å². The van der Waals surface area contributed by atoms with E-state index in [0.29, 0.717) is 19.3 Å². The topological polar surface area (TPSA) is 78.9 Å². The number of ether oxygens (including phenoxy) is 3. The molecular weight excluding hydrogens is 1010 g/mol. The fourth-order valence-corrected chi connectivity index (χ4v) is 8.07. The summed E-state index contributed by atoms with van der Waals surface area (Å²) >= 11 is 0. The van der Waals surface area contributed by atoms with E-state index in [1.165, 1.54) is 44.9 Å². The molecule has 1 atom stereocenters. The van der Waals surface area contributed by atoms with Crippen molar-refractivity contribution in [1.29, 1.82) is 0 Å². The number of unbranched alkanes of at least 4 members (excludes halogenated alkanes) is 14. The lowest BCUT2D eigenvalue weighted by Gasteiger charge is -2.18. The van der Waals surface area contributed by atoms with Gasteiger partial charge in [-0.25, -0.2) is 0 Å². The quantitative estimate of drug-likeness (QED) is 0.0261. The minimum Gasteiger partial charge on any atom is -0.462 e. The normalized spacial score (nSPS) is 13.5. The average Bonchev–Trinajstić information content (AvgIpc) is 3.48. The Kier molecular flexibility index (Phi) is 63.0. The van der Waals surface area contributed by atoms with Crippen LogP contribution in [-0.4, -0.2) is 37.2 Å². The van der Waals surface area contributed by atoms with Crippen LogP contribution in [0.5, 0.6) is 0 Å². The van der Waals surface area contributed by atoms with Crippen LogP contribution in [0, 0.1) is 0 Å². The van der Waals surface area contributed by atoms with Gasteiger partial charge in [0.25, 0.3) is 0 Å². The Balaban J connectivity index is 4.42. The first-order chi connectivity index (χ1) is 40.5. The van der Waals surface area contributed by atoms with Gasteiger partial charge in [0.15, 0.2) is 6.10 Å². The molecule has 0 radical (unpaired) electrons. The Morgan fingerprint density at radius 1 is 0.268 bits per heavy atom. The van der Waals surface area contributed by atoms with Crippen LogP contribution in [0.2, 0.25) is 0 Å². The lowest BCUT2D eigenvalue weighted by atomic mass is 10.1. The van der Waals surface area contributed by atoms with Gasteiger partial charge in [0.2, 0.25) is 0 Å². The minimum atomic E-state index is -0.858. The predicted molar refractivity (Wildman–Crippen MR) is 357 cm³/mol. The van der Waals surface area contributed by atoms with Crippen LogP contribution in [0.15, 0.2) is 194 Å². The van der Waals surface area contributed by atoms with Crippen LogP contribution in [0.4, 0.5) is 0 Å². The van der Waals surface area contributed by atoms with E-state index in [2.05, 4.69) is 203 Å². The second kappa shape index (κ2) is 67.8. The van der Waals surface area contributed by atoms with Gasteiger partial charge in [0.1, 0.15) is 13.2 Å². The van der Waals surface area contributed by atoms with Crippen molar-refractivity contribution in [2.45, 2.75) is 252 Å². The van der Waals surface area contributed by atoms with Crippen LogP contribution in [0.3, 0.4) is 0 Å². The summed E-state index contributed by atoms with van der Waals surface area (Å²) in [6, 6.07) is 0. The van der Waals surface area contributed by atoms with E-state index in [4.69, 9.17) is 14.2 Å². The Bertz CT molecular complexity index is 1970. The Labute approximate surface area is 503 Å². The van der Waals surface area contributed by atoms with Crippen molar-refractivity contribution in [2.75, 3.05) is 13.2 Å². The molecule has 0 rings (SSSR count). The molecule has 1 unspecified atom stereocenters. The molecule has 0 aromatic heterocycles. The molecule has 0 amide bonds. The highest BCUT2D eigenvalue weighted by Gasteiger charge is 2.19. The fraction of sp³-hybridized carbons (Fsp3) is 0.539. The summed E-state index contributed by atoms with van der Waals surface area (Å²) < 4.78 is 16.7. The summed E-state index contributed by atoms with van der Waals surface area (Å²) in [4.78, 5) is 38.2. The lowest BCUT2D eigenvalue weighted by Crippen LogP contribution is -2.30. The third-order valence-corrected chi connectivity index (χ3v) is 12.8. The van der Waals surface area contributed by atoms with Gasteiger partial charge in [-0.05, 0) is 148 Å². The van der Waals surface area contributed by atoms with Crippen molar-refractivity contribution in [3.63, 3.8) is 0 Å². The number of hydrogen-bond donors (Lipinski definition) is 0. The highest BCUT2D eigenvalue weighted by molar-refractivity contribution is 5.72. The van der Waals surface area contributed by atoms with E-state index in [9.17, 15) is 14.4 Å². The maximum Gasteiger partial charge on any atom is 0.310 e.